The Labute approximate surface area is 365 Å². The van der Waals surface area contributed by atoms with E-state index in [1.54, 1.807) is 19.2 Å². The van der Waals surface area contributed by atoms with Gasteiger partial charge in [0.1, 0.15) is 37.9 Å². The van der Waals surface area contributed by atoms with E-state index < -0.39 is 46.8 Å². The second kappa shape index (κ2) is 21.5. The SMILES string of the molecule is O=S(=O)([O-])O.[CH2-]CS(=O)(=O)c1cc(O)c(N=Nc2[c-]cc3c(N=Nc4ccccc4S(=O)(=O)[O-])c(NC)ccc3c2O)cc1OC.[Cu].[Na+].[Na+].[Na+]. The summed E-state index contributed by atoms with van der Waals surface area (Å²) in [6, 6.07) is 14.9. The molecule has 0 fully saturated rings. The van der Waals surface area contributed by atoms with Crippen LogP contribution >= 0.6 is 0 Å². The summed E-state index contributed by atoms with van der Waals surface area (Å²) in [5.41, 5.74) is 0.269. The molecule has 0 unspecified atom stereocenters. The van der Waals surface area contributed by atoms with E-state index in [4.69, 9.17) is 22.3 Å². The van der Waals surface area contributed by atoms with Gasteiger partial charge in [0.15, 0.2) is 9.84 Å². The molecule has 0 aliphatic carbocycles. The van der Waals surface area contributed by atoms with Crippen molar-refractivity contribution in [2.75, 3.05) is 25.2 Å². The maximum atomic E-state index is 12.2. The summed E-state index contributed by atoms with van der Waals surface area (Å²) in [5, 5.41) is 40.8. The molecule has 4 aromatic carbocycles. The topological polar surface area (TPSA) is 280 Å². The molecule has 0 aliphatic heterocycles. The van der Waals surface area contributed by atoms with Crippen molar-refractivity contribution in [3.8, 4) is 17.2 Å². The number of ether oxygens (including phenoxy) is 1. The molecule has 4 aromatic rings. The van der Waals surface area contributed by atoms with E-state index in [1.807, 2.05) is 0 Å². The number of hydrogen-bond acceptors (Lipinski definition) is 16. The van der Waals surface area contributed by atoms with Crippen LogP contribution in [-0.4, -0.2) is 69.0 Å². The maximum absolute atomic E-state index is 12.2. The zero-order valence-corrected chi connectivity index (χ0v) is 36.3. The monoisotopic (exact) mass is 825 g/mol. The number of rotatable bonds is 9. The number of hydrogen-bond donors (Lipinski definition) is 4. The molecule has 0 amide bonds. The summed E-state index contributed by atoms with van der Waals surface area (Å²) in [6.45, 7) is 3.38. The Morgan fingerprint density at radius 1 is 0.860 bits per heavy atom. The third kappa shape index (κ3) is 13.6. The Morgan fingerprint density at radius 2 is 1.44 bits per heavy atom. The van der Waals surface area contributed by atoms with E-state index in [9.17, 15) is 31.6 Å². The minimum Gasteiger partial charge on any atom is -0.744 e. The molecule has 17 nitrogen and oxygen atoms in total. The van der Waals surface area contributed by atoms with E-state index in [2.05, 4.69) is 38.8 Å². The predicted molar refractivity (Wildman–Crippen MR) is 161 cm³/mol. The fourth-order valence-electron chi connectivity index (χ4n) is 3.77. The van der Waals surface area contributed by atoms with Crippen LogP contribution in [0.5, 0.6) is 17.2 Å². The molecule has 4 N–H and O–H groups in total. The van der Waals surface area contributed by atoms with Crippen LogP contribution in [0.1, 0.15) is 0 Å². The van der Waals surface area contributed by atoms with Crippen LogP contribution in [0.15, 0.2) is 84.8 Å². The molecule has 0 saturated heterocycles. The van der Waals surface area contributed by atoms with Crippen molar-refractivity contribution < 1.29 is 160 Å². The number of sulfone groups is 1. The zero-order valence-electron chi connectivity index (χ0n) is 26.9. The maximum Gasteiger partial charge on any atom is 1.00 e. The second-order valence-corrected chi connectivity index (χ2v) is 13.0. The van der Waals surface area contributed by atoms with Gasteiger partial charge < -0.3 is 36.3 Å². The molecular formula is C26H23CuN5Na3O12S3-. The number of benzene rings is 4. The Balaban J connectivity index is 0. The predicted octanol–water partition coefficient (Wildman–Crippen LogP) is -4.54. The van der Waals surface area contributed by atoms with E-state index >= 15 is 0 Å². The Kier molecular flexibility index (Phi) is 21.9. The zero-order chi connectivity index (χ0) is 34.4. The van der Waals surface area contributed by atoms with Crippen LogP contribution in [0.2, 0.25) is 0 Å². The fraction of sp³-hybridized carbons (Fsp3) is 0.115. The van der Waals surface area contributed by atoms with Crippen molar-refractivity contribution in [1.29, 1.82) is 0 Å². The first kappa shape index (κ1) is 50.9. The van der Waals surface area contributed by atoms with Crippen molar-refractivity contribution in [2.24, 2.45) is 20.5 Å². The average Bonchev–Trinajstić information content (AvgIpc) is 2.98. The number of nitrogens with zero attached hydrogens (tertiary/aromatic N) is 4. The molecule has 0 heterocycles. The second-order valence-electron chi connectivity index (χ2n) is 8.72. The first-order chi connectivity index (χ1) is 21.4. The van der Waals surface area contributed by atoms with Crippen LogP contribution in [-0.2, 0) is 47.4 Å². The van der Waals surface area contributed by atoms with E-state index in [-0.39, 0.29) is 150 Å². The minimum absolute atomic E-state index is 0. The van der Waals surface area contributed by atoms with Crippen LogP contribution in [0.4, 0.5) is 28.4 Å². The number of methoxy groups -OCH3 is 1. The molecule has 257 valence electrons. The van der Waals surface area contributed by atoms with Crippen LogP contribution in [0.25, 0.3) is 10.8 Å². The van der Waals surface area contributed by atoms with Gasteiger partial charge in [-0.15, -0.1) is 5.11 Å². The fourth-order valence-corrected chi connectivity index (χ4v) is 5.34. The first-order valence-electron chi connectivity index (χ1n) is 12.3. The summed E-state index contributed by atoms with van der Waals surface area (Å²) >= 11 is 0. The van der Waals surface area contributed by atoms with Gasteiger partial charge in [0, 0.05) is 53.4 Å². The number of fused-ring (bicyclic) bond motifs is 1. The third-order valence-corrected chi connectivity index (χ3v) is 8.24. The Hall–Kier alpha value is -1.21. The molecule has 0 aliphatic rings. The van der Waals surface area contributed by atoms with Gasteiger partial charge in [-0.1, -0.05) is 34.7 Å². The number of nitrogens with one attached hydrogen (secondary N) is 1. The number of phenolic OH excluding ortho intramolecular Hbond substituents is 2. The summed E-state index contributed by atoms with van der Waals surface area (Å²) in [6.07, 6.45) is 0. The molecule has 0 spiro atoms. The standard InChI is InChI=1S/C26H23N5O8S2.Cu.3Na.H2O4S/c1-4-40(34,35)24-14-21(32)20(13-22(24)39-3)30-29-19-12-9-15-16(26(19)33)10-11-18(27-2)25(15)31-28-17-7-5-6-8-23(17)41(36,37)38;;;;;1-5(2,3)4/h5-11,13-14,27,32-33H,1,4H2,2-3H3,(H,36,37,38);;;;;(H2,1,2,3,4)/q-2;;3*+1;/p-2. The number of azo groups is 2. The van der Waals surface area contributed by atoms with Crippen molar-refractivity contribution in [1.82, 2.24) is 0 Å². The molecule has 4 rings (SSSR count). The van der Waals surface area contributed by atoms with Crippen LogP contribution < -0.4 is 98.7 Å². The van der Waals surface area contributed by atoms with Gasteiger partial charge in [-0.2, -0.15) is 27.5 Å². The summed E-state index contributed by atoms with van der Waals surface area (Å²) < 4.78 is 97.3. The Morgan fingerprint density at radius 3 is 1.98 bits per heavy atom. The molecule has 0 saturated carbocycles. The van der Waals surface area contributed by atoms with Gasteiger partial charge in [-0.25, -0.2) is 25.3 Å². The molecule has 0 aromatic heterocycles. The van der Waals surface area contributed by atoms with E-state index in [0.29, 0.717) is 11.1 Å². The molecule has 24 heteroatoms. The minimum atomic E-state index is -4.92. The van der Waals surface area contributed by atoms with Crippen molar-refractivity contribution >= 4 is 69.6 Å². The molecule has 0 bridgehead atoms. The van der Waals surface area contributed by atoms with Gasteiger partial charge >= 0.3 is 88.7 Å². The molecular weight excluding hydrogens is 803 g/mol. The first-order valence-corrected chi connectivity index (χ1v) is 16.7. The van der Waals surface area contributed by atoms with Gasteiger partial charge in [-0.05, 0) is 18.2 Å². The molecule has 50 heavy (non-hydrogen) atoms. The number of phenols is 2. The van der Waals surface area contributed by atoms with Crippen molar-refractivity contribution in [3.05, 3.63) is 67.6 Å². The largest absolute Gasteiger partial charge is 1.00 e. The van der Waals surface area contributed by atoms with Gasteiger partial charge in [0.2, 0.25) is 10.4 Å². The summed E-state index contributed by atoms with van der Waals surface area (Å²) in [4.78, 5) is -0.798. The van der Waals surface area contributed by atoms with Gasteiger partial charge in [0.25, 0.3) is 0 Å². The summed E-state index contributed by atoms with van der Waals surface area (Å²) in [5.74, 6) is -1.38. The van der Waals surface area contributed by atoms with Gasteiger partial charge in [0.05, 0.1) is 17.7 Å². The average molecular weight is 826 g/mol. The number of anilines is 1. The normalized spacial score (nSPS) is 11.3. The van der Waals surface area contributed by atoms with Crippen molar-refractivity contribution in [3.63, 3.8) is 0 Å². The third-order valence-electron chi connectivity index (χ3n) is 5.83. The van der Waals surface area contributed by atoms with Crippen LogP contribution in [0, 0.1) is 13.0 Å². The number of aromatic hydroxyl groups is 2. The van der Waals surface area contributed by atoms with Crippen molar-refractivity contribution in [2.45, 2.75) is 9.79 Å². The molecule has 1 radical (unpaired) electrons. The quantitative estimate of drug-likeness (QED) is 0.0408. The molecule has 0 atom stereocenters. The van der Waals surface area contributed by atoms with Gasteiger partial charge in [-0.3, -0.25) is 4.55 Å². The van der Waals surface area contributed by atoms with E-state index in [0.717, 1.165) is 12.1 Å². The van der Waals surface area contributed by atoms with E-state index in [1.165, 1.54) is 37.4 Å². The Bertz CT molecular complexity index is 2190. The smallest absolute Gasteiger partial charge is 0.744 e. The van der Waals surface area contributed by atoms with Crippen LogP contribution in [0.3, 0.4) is 0 Å². The summed E-state index contributed by atoms with van der Waals surface area (Å²) in [7, 11) is -10.6.